The second-order valence-electron chi connectivity index (χ2n) is 3.80. The van der Waals surface area contributed by atoms with E-state index in [1.165, 1.54) is 0 Å². The molecule has 0 saturated carbocycles. The minimum Gasteiger partial charge on any atom is -0.493 e. The molecule has 0 unspecified atom stereocenters. The molecule has 0 fully saturated rings. The molecule has 100 valence electrons. The summed E-state index contributed by atoms with van der Waals surface area (Å²) in [6, 6.07) is 5.41. The van der Waals surface area contributed by atoms with Gasteiger partial charge in [-0.3, -0.25) is 0 Å². The van der Waals surface area contributed by atoms with E-state index in [1.807, 2.05) is 6.07 Å². The number of hydrogen-bond acceptors (Lipinski definition) is 5. The van der Waals surface area contributed by atoms with Crippen molar-refractivity contribution in [3.63, 3.8) is 0 Å². The summed E-state index contributed by atoms with van der Waals surface area (Å²) in [4.78, 5) is 14.6. The van der Waals surface area contributed by atoms with Crippen LogP contribution in [0.4, 0.5) is 0 Å². The molecular weight excluding hydrogens is 250 g/mol. The fourth-order valence-corrected chi connectivity index (χ4v) is 1.66. The summed E-state index contributed by atoms with van der Waals surface area (Å²) in [7, 11) is 3.11. The molecule has 0 aliphatic heterocycles. The Labute approximate surface area is 109 Å². The summed E-state index contributed by atoms with van der Waals surface area (Å²) in [6.07, 6.45) is 1.51. The number of carbonyl (C=O) groups is 1. The van der Waals surface area contributed by atoms with Gasteiger partial charge in [-0.25, -0.2) is 9.78 Å². The van der Waals surface area contributed by atoms with Crippen molar-refractivity contribution in [1.82, 2.24) is 4.98 Å². The van der Waals surface area contributed by atoms with Crippen LogP contribution in [-0.4, -0.2) is 30.3 Å². The number of oxazole rings is 1. The molecule has 0 saturated heterocycles. The van der Waals surface area contributed by atoms with E-state index in [4.69, 9.17) is 19.0 Å². The highest BCUT2D eigenvalue weighted by Crippen LogP contribution is 2.28. The second-order valence-corrected chi connectivity index (χ2v) is 3.80. The highest BCUT2D eigenvalue weighted by Gasteiger charge is 2.12. The lowest BCUT2D eigenvalue weighted by Crippen LogP contribution is -1.97. The van der Waals surface area contributed by atoms with Crippen LogP contribution in [-0.2, 0) is 6.42 Å². The first-order valence-electron chi connectivity index (χ1n) is 5.52. The van der Waals surface area contributed by atoms with E-state index in [0.29, 0.717) is 23.8 Å². The lowest BCUT2D eigenvalue weighted by atomic mass is 10.1. The number of aromatic nitrogens is 1. The van der Waals surface area contributed by atoms with Gasteiger partial charge >= 0.3 is 5.97 Å². The monoisotopic (exact) mass is 263 g/mol. The Kier molecular flexibility index (Phi) is 3.70. The third-order valence-electron chi connectivity index (χ3n) is 2.57. The maximum atomic E-state index is 10.7. The van der Waals surface area contributed by atoms with E-state index in [9.17, 15) is 4.79 Å². The number of benzene rings is 1. The standard InChI is InChI=1S/C13H13NO5/c1-17-10-4-3-8(5-11(10)18-2)6-12-14-9(7-19-12)13(15)16/h3-5,7H,6H2,1-2H3,(H,15,16). The highest BCUT2D eigenvalue weighted by atomic mass is 16.5. The van der Waals surface area contributed by atoms with Crippen LogP contribution in [0.5, 0.6) is 11.5 Å². The molecule has 0 atom stereocenters. The van der Waals surface area contributed by atoms with E-state index in [2.05, 4.69) is 4.98 Å². The third kappa shape index (κ3) is 2.85. The predicted molar refractivity (Wildman–Crippen MR) is 65.8 cm³/mol. The van der Waals surface area contributed by atoms with Crippen LogP contribution in [0.1, 0.15) is 21.9 Å². The molecule has 1 N–H and O–H groups in total. The average molecular weight is 263 g/mol. The van der Waals surface area contributed by atoms with Crippen LogP contribution >= 0.6 is 0 Å². The maximum absolute atomic E-state index is 10.7. The fraction of sp³-hybridized carbons (Fsp3) is 0.231. The van der Waals surface area contributed by atoms with E-state index in [1.54, 1.807) is 26.4 Å². The second kappa shape index (κ2) is 5.43. The number of methoxy groups -OCH3 is 2. The van der Waals surface area contributed by atoms with E-state index in [-0.39, 0.29) is 5.69 Å². The van der Waals surface area contributed by atoms with Crippen LogP contribution in [0.15, 0.2) is 28.9 Å². The molecule has 0 aliphatic rings. The summed E-state index contributed by atoms with van der Waals surface area (Å²) in [5.41, 5.74) is 0.784. The van der Waals surface area contributed by atoms with Gasteiger partial charge < -0.3 is 19.0 Å². The first-order valence-corrected chi connectivity index (χ1v) is 5.52. The topological polar surface area (TPSA) is 81.8 Å². The molecule has 6 heteroatoms. The van der Waals surface area contributed by atoms with Gasteiger partial charge in [-0.05, 0) is 17.7 Å². The molecule has 1 heterocycles. The summed E-state index contributed by atoms with van der Waals surface area (Å²) >= 11 is 0. The lowest BCUT2D eigenvalue weighted by molar-refractivity contribution is 0.0690. The van der Waals surface area contributed by atoms with Crippen molar-refractivity contribution in [1.29, 1.82) is 0 Å². The van der Waals surface area contributed by atoms with Gasteiger partial charge in [0.2, 0.25) is 0 Å². The molecule has 19 heavy (non-hydrogen) atoms. The van der Waals surface area contributed by atoms with Crippen molar-refractivity contribution in [3.8, 4) is 11.5 Å². The zero-order valence-corrected chi connectivity index (χ0v) is 10.5. The molecule has 0 spiro atoms. The predicted octanol–water partition coefficient (Wildman–Crippen LogP) is 1.98. The number of ether oxygens (including phenoxy) is 2. The smallest absolute Gasteiger partial charge is 0.357 e. The van der Waals surface area contributed by atoms with Crippen LogP contribution in [0.3, 0.4) is 0 Å². The van der Waals surface area contributed by atoms with Gasteiger partial charge in [-0.2, -0.15) is 0 Å². The largest absolute Gasteiger partial charge is 0.493 e. The van der Waals surface area contributed by atoms with E-state index >= 15 is 0 Å². The van der Waals surface area contributed by atoms with Gasteiger partial charge in [0.15, 0.2) is 23.1 Å². The van der Waals surface area contributed by atoms with Crippen molar-refractivity contribution in [2.45, 2.75) is 6.42 Å². The SMILES string of the molecule is COc1ccc(Cc2nc(C(=O)O)co2)cc1OC. The van der Waals surface area contributed by atoms with E-state index < -0.39 is 5.97 Å². The Morgan fingerprint density at radius 3 is 2.63 bits per heavy atom. The number of aromatic carboxylic acids is 1. The molecular formula is C13H13NO5. The van der Waals surface area contributed by atoms with Crippen LogP contribution in [0.2, 0.25) is 0 Å². The molecule has 1 aromatic carbocycles. The molecule has 0 radical (unpaired) electrons. The third-order valence-corrected chi connectivity index (χ3v) is 2.57. The fourth-order valence-electron chi connectivity index (χ4n) is 1.66. The quantitative estimate of drug-likeness (QED) is 0.888. The van der Waals surface area contributed by atoms with Gasteiger partial charge in [0.25, 0.3) is 0 Å². The number of nitrogens with zero attached hydrogens (tertiary/aromatic N) is 1. The Hall–Kier alpha value is -2.50. The zero-order valence-electron chi connectivity index (χ0n) is 10.5. The summed E-state index contributed by atoms with van der Waals surface area (Å²) in [5.74, 6) is 0.460. The molecule has 1 aromatic heterocycles. The lowest BCUT2D eigenvalue weighted by Gasteiger charge is -2.08. The zero-order chi connectivity index (χ0) is 13.8. The Balaban J connectivity index is 2.20. The van der Waals surface area contributed by atoms with Gasteiger partial charge in [-0.1, -0.05) is 6.07 Å². The number of hydrogen-bond donors (Lipinski definition) is 1. The number of carboxylic acids is 1. The van der Waals surface area contributed by atoms with Crippen molar-refractivity contribution in [2.75, 3.05) is 14.2 Å². The Morgan fingerprint density at radius 2 is 2.05 bits per heavy atom. The van der Waals surface area contributed by atoms with Crippen molar-refractivity contribution < 1.29 is 23.8 Å². The van der Waals surface area contributed by atoms with Gasteiger partial charge in [0, 0.05) is 6.42 Å². The minimum atomic E-state index is -1.11. The van der Waals surface area contributed by atoms with Crippen LogP contribution < -0.4 is 9.47 Å². The summed E-state index contributed by atoms with van der Waals surface area (Å²) < 4.78 is 15.4. The molecule has 0 aliphatic carbocycles. The molecule has 0 bridgehead atoms. The Bertz CT molecular complexity index is 590. The number of carboxylic acid groups (broad SMARTS) is 1. The number of rotatable bonds is 5. The van der Waals surface area contributed by atoms with E-state index in [0.717, 1.165) is 11.8 Å². The maximum Gasteiger partial charge on any atom is 0.357 e. The first-order chi connectivity index (χ1) is 9.13. The summed E-state index contributed by atoms with van der Waals surface area (Å²) in [6.45, 7) is 0. The van der Waals surface area contributed by atoms with Crippen molar-refractivity contribution in [2.24, 2.45) is 0 Å². The normalized spacial score (nSPS) is 10.2. The average Bonchev–Trinajstić information content (AvgIpc) is 2.87. The molecule has 2 aromatic rings. The van der Waals surface area contributed by atoms with Gasteiger partial charge in [0.1, 0.15) is 6.26 Å². The van der Waals surface area contributed by atoms with Gasteiger partial charge in [-0.15, -0.1) is 0 Å². The van der Waals surface area contributed by atoms with Crippen molar-refractivity contribution in [3.05, 3.63) is 41.6 Å². The van der Waals surface area contributed by atoms with Crippen LogP contribution in [0, 0.1) is 0 Å². The first kappa shape index (κ1) is 12.9. The van der Waals surface area contributed by atoms with Crippen molar-refractivity contribution >= 4 is 5.97 Å². The Morgan fingerprint density at radius 1 is 1.32 bits per heavy atom. The summed E-state index contributed by atoms with van der Waals surface area (Å²) in [5, 5.41) is 8.76. The van der Waals surface area contributed by atoms with Gasteiger partial charge in [0.05, 0.1) is 14.2 Å². The molecule has 6 nitrogen and oxygen atoms in total. The molecule has 0 amide bonds. The molecule has 2 rings (SSSR count). The minimum absolute atomic E-state index is 0.101. The highest BCUT2D eigenvalue weighted by molar-refractivity contribution is 5.84. The van der Waals surface area contributed by atoms with Crippen LogP contribution in [0.25, 0.3) is 0 Å².